The standard InChI is InChI=1S/C22H29N5O/c1-16-6-7-19(14-17(16)2)21(28)26-10-12-27(13-11-26)22-23-18(3)15-20(24-22)25-8-4-5-9-25/h6-7,14-15H,4-5,8-13H2,1-3H3. The van der Waals surface area contributed by atoms with Crippen molar-refractivity contribution in [2.45, 2.75) is 33.6 Å². The van der Waals surface area contributed by atoms with Crippen molar-refractivity contribution in [3.8, 4) is 0 Å². The fourth-order valence-electron chi connectivity index (χ4n) is 3.95. The van der Waals surface area contributed by atoms with E-state index < -0.39 is 0 Å². The zero-order valence-corrected chi connectivity index (χ0v) is 17.1. The third-order valence-corrected chi connectivity index (χ3v) is 5.86. The van der Waals surface area contributed by atoms with Crippen LogP contribution in [0.4, 0.5) is 11.8 Å². The molecule has 4 rings (SSSR count). The van der Waals surface area contributed by atoms with E-state index in [1.165, 1.54) is 18.4 Å². The van der Waals surface area contributed by atoms with E-state index in [-0.39, 0.29) is 5.91 Å². The molecule has 1 amide bonds. The lowest BCUT2D eigenvalue weighted by Gasteiger charge is -2.35. The molecular weight excluding hydrogens is 350 g/mol. The van der Waals surface area contributed by atoms with Gasteiger partial charge in [-0.25, -0.2) is 4.98 Å². The Morgan fingerprint density at radius 1 is 0.821 bits per heavy atom. The van der Waals surface area contributed by atoms with Gasteiger partial charge in [-0.05, 0) is 56.9 Å². The highest BCUT2D eigenvalue weighted by molar-refractivity contribution is 5.94. The monoisotopic (exact) mass is 379 g/mol. The molecule has 148 valence electrons. The smallest absolute Gasteiger partial charge is 0.253 e. The number of benzene rings is 1. The Labute approximate surface area is 167 Å². The first-order valence-corrected chi connectivity index (χ1v) is 10.2. The molecule has 6 nitrogen and oxygen atoms in total. The number of rotatable bonds is 3. The van der Waals surface area contributed by atoms with Gasteiger partial charge < -0.3 is 14.7 Å². The first kappa shape index (κ1) is 18.7. The zero-order chi connectivity index (χ0) is 19.7. The lowest BCUT2D eigenvalue weighted by molar-refractivity contribution is 0.0746. The molecule has 2 aromatic rings. The van der Waals surface area contributed by atoms with Crippen LogP contribution >= 0.6 is 0 Å². The van der Waals surface area contributed by atoms with Gasteiger partial charge in [-0.3, -0.25) is 4.79 Å². The fourth-order valence-corrected chi connectivity index (χ4v) is 3.95. The molecule has 0 bridgehead atoms. The molecule has 6 heteroatoms. The minimum atomic E-state index is 0.116. The van der Waals surface area contributed by atoms with Crippen molar-refractivity contribution in [1.82, 2.24) is 14.9 Å². The lowest BCUT2D eigenvalue weighted by Crippen LogP contribution is -2.49. The number of hydrogen-bond donors (Lipinski definition) is 0. The van der Waals surface area contributed by atoms with E-state index >= 15 is 0 Å². The van der Waals surface area contributed by atoms with Crippen molar-refractivity contribution < 1.29 is 4.79 Å². The molecular formula is C22H29N5O. The number of carbonyl (C=O) groups excluding carboxylic acids is 1. The quantitative estimate of drug-likeness (QED) is 0.821. The topological polar surface area (TPSA) is 52.6 Å². The molecule has 3 heterocycles. The first-order valence-electron chi connectivity index (χ1n) is 10.2. The molecule has 2 fully saturated rings. The van der Waals surface area contributed by atoms with Crippen molar-refractivity contribution in [2.24, 2.45) is 0 Å². The minimum Gasteiger partial charge on any atom is -0.356 e. The van der Waals surface area contributed by atoms with E-state index in [4.69, 9.17) is 4.98 Å². The number of carbonyl (C=O) groups is 1. The molecule has 1 aromatic carbocycles. The second-order valence-electron chi connectivity index (χ2n) is 7.94. The van der Waals surface area contributed by atoms with Gasteiger partial charge in [0.15, 0.2) is 0 Å². The Morgan fingerprint density at radius 2 is 1.54 bits per heavy atom. The number of hydrogen-bond acceptors (Lipinski definition) is 5. The number of nitrogens with zero attached hydrogens (tertiary/aromatic N) is 5. The summed E-state index contributed by atoms with van der Waals surface area (Å²) < 4.78 is 0. The Kier molecular flexibility index (Phi) is 5.20. The normalized spacial score (nSPS) is 17.3. The second kappa shape index (κ2) is 7.78. The number of piperazine rings is 1. The van der Waals surface area contributed by atoms with E-state index in [9.17, 15) is 4.79 Å². The Hall–Kier alpha value is -2.63. The maximum absolute atomic E-state index is 12.9. The summed E-state index contributed by atoms with van der Waals surface area (Å²) in [5.41, 5.74) is 4.15. The largest absolute Gasteiger partial charge is 0.356 e. The van der Waals surface area contributed by atoms with E-state index in [1.54, 1.807) is 0 Å². The van der Waals surface area contributed by atoms with Crippen molar-refractivity contribution >= 4 is 17.7 Å². The maximum Gasteiger partial charge on any atom is 0.253 e. The summed E-state index contributed by atoms with van der Waals surface area (Å²) in [7, 11) is 0. The highest BCUT2D eigenvalue weighted by Gasteiger charge is 2.25. The predicted molar refractivity (Wildman–Crippen MR) is 112 cm³/mol. The van der Waals surface area contributed by atoms with E-state index in [1.807, 2.05) is 30.0 Å². The fraction of sp³-hybridized carbons (Fsp3) is 0.500. The van der Waals surface area contributed by atoms with Gasteiger partial charge >= 0.3 is 0 Å². The third-order valence-electron chi connectivity index (χ3n) is 5.86. The van der Waals surface area contributed by atoms with Gasteiger partial charge in [0.25, 0.3) is 5.91 Å². The van der Waals surface area contributed by atoms with Crippen LogP contribution in [0.3, 0.4) is 0 Å². The lowest BCUT2D eigenvalue weighted by atomic mass is 10.1. The number of aryl methyl sites for hydroxylation is 3. The molecule has 0 aliphatic carbocycles. The molecule has 0 N–H and O–H groups in total. The Bertz CT molecular complexity index is 867. The van der Waals surface area contributed by atoms with Crippen LogP contribution in [-0.2, 0) is 0 Å². The third kappa shape index (κ3) is 3.81. The average Bonchev–Trinajstić information content (AvgIpc) is 3.24. The van der Waals surface area contributed by atoms with Crippen LogP contribution in [0, 0.1) is 20.8 Å². The SMILES string of the molecule is Cc1cc(N2CCCC2)nc(N2CCN(C(=O)c3ccc(C)c(C)c3)CC2)n1. The number of aromatic nitrogens is 2. The number of anilines is 2. The molecule has 0 unspecified atom stereocenters. The van der Waals surface area contributed by atoms with Crippen LogP contribution in [-0.4, -0.2) is 60.0 Å². The molecule has 0 saturated carbocycles. The molecule has 2 saturated heterocycles. The molecule has 28 heavy (non-hydrogen) atoms. The van der Waals surface area contributed by atoms with Crippen molar-refractivity contribution in [3.63, 3.8) is 0 Å². The molecule has 0 atom stereocenters. The average molecular weight is 380 g/mol. The van der Waals surface area contributed by atoms with E-state index in [0.29, 0.717) is 13.1 Å². The molecule has 1 aromatic heterocycles. The summed E-state index contributed by atoms with van der Waals surface area (Å²) in [5, 5.41) is 0. The summed E-state index contributed by atoms with van der Waals surface area (Å²) in [6.07, 6.45) is 2.47. The van der Waals surface area contributed by atoms with Gasteiger partial charge in [0.2, 0.25) is 5.95 Å². The summed E-state index contributed by atoms with van der Waals surface area (Å²) >= 11 is 0. The van der Waals surface area contributed by atoms with Gasteiger partial charge in [0.05, 0.1) is 0 Å². The van der Waals surface area contributed by atoms with Crippen LogP contribution < -0.4 is 9.80 Å². The first-order chi connectivity index (χ1) is 13.5. The van der Waals surface area contributed by atoms with Crippen molar-refractivity contribution in [2.75, 3.05) is 49.1 Å². The summed E-state index contributed by atoms with van der Waals surface area (Å²) in [4.78, 5) is 28.8. The van der Waals surface area contributed by atoms with Crippen LogP contribution in [0.1, 0.15) is 40.0 Å². The Morgan fingerprint density at radius 3 is 2.21 bits per heavy atom. The predicted octanol–water partition coefficient (Wildman–Crippen LogP) is 2.96. The van der Waals surface area contributed by atoms with Crippen molar-refractivity contribution in [3.05, 3.63) is 46.6 Å². The van der Waals surface area contributed by atoms with Gasteiger partial charge in [-0.1, -0.05) is 6.07 Å². The van der Waals surface area contributed by atoms with Crippen LogP contribution in [0.25, 0.3) is 0 Å². The highest BCUT2D eigenvalue weighted by Crippen LogP contribution is 2.22. The van der Waals surface area contributed by atoms with E-state index in [2.05, 4.69) is 34.7 Å². The van der Waals surface area contributed by atoms with Crippen LogP contribution in [0.15, 0.2) is 24.3 Å². The summed E-state index contributed by atoms with van der Waals surface area (Å²) in [6, 6.07) is 8.03. The van der Waals surface area contributed by atoms with Crippen molar-refractivity contribution in [1.29, 1.82) is 0 Å². The molecule has 0 spiro atoms. The van der Waals surface area contributed by atoms with Crippen LogP contribution in [0.2, 0.25) is 0 Å². The molecule has 2 aliphatic rings. The van der Waals surface area contributed by atoms with Crippen LogP contribution in [0.5, 0.6) is 0 Å². The maximum atomic E-state index is 12.9. The molecule has 2 aliphatic heterocycles. The second-order valence-corrected chi connectivity index (χ2v) is 7.94. The van der Waals surface area contributed by atoms with E-state index in [0.717, 1.165) is 54.8 Å². The van der Waals surface area contributed by atoms with Gasteiger partial charge in [0.1, 0.15) is 5.82 Å². The zero-order valence-electron chi connectivity index (χ0n) is 17.1. The molecule has 0 radical (unpaired) electrons. The highest BCUT2D eigenvalue weighted by atomic mass is 16.2. The number of amides is 1. The van der Waals surface area contributed by atoms with Gasteiger partial charge in [-0.2, -0.15) is 4.98 Å². The Balaban J connectivity index is 1.44. The summed E-state index contributed by atoms with van der Waals surface area (Å²) in [6.45, 7) is 11.2. The van der Waals surface area contributed by atoms with Gasteiger partial charge in [-0.15, -0.1) is 0 Å². The summed E-state index contributed by atoms with van der Waals surface area (Å²) in [5.74, 6) is 1.94. The minimum absolute atomic E-state index is 0.116. The van der Waals surface area contributed by atoms with Gasteiger partial charge in [0, 0.05) is 56.6 Å².